The average Bonchev–Trinajstić information content (AvgIpc) is 3.56. The Morgan fingerprint density at radius 2 is 2.09 bits per heavy atom. The third-order valence-corrected chi connectivity index (χ3v) is 8.15. The molecular weight excluding hydrogens is 466 g/mol. The zero-order chi connectivity index (χ0) is 22.9. The highest BCUT2D eigenvalue weighted by Crippen LogP contribution is 2.38. The number of thiazole rings is 1. The number of carbonyl (C=O) groups is 3. The first kappa shape index (κ1) is 22.5. The van der Waals surface area contributed by atoms with Crippen LogP contribution in [-0.4, -0.2) is 80.8 Å². The molecule has 9 nitrogen and oxygen atoms in total. The van der Waals surface area contributed by atoms with Crippen LogP contribution in [-0.2, 0) is 14.3 Å². The highest BCUT2D eigenvalue weighted by atomic mass is 35.5. The van der Waals surface area contributed by atoms with Crippen molar-refractivity contribution in [3.63, 3.8) is 0 Å². The molecule has 0 bridgehead atoms. The second-order valence-corrected chi connectivity index (χ2v) is 10.3. The molecule has 2 aromatic rings. The van der Waals surface area contributed by atoms with E-state index in [1.165, 1.54) is 11.3 Å². The first-order valence-electron chi connectivity index (χ1n) is 11.1. The van der Waals surface area contributed by atoms with E-state index in [1.54, 1.807) is 24.7 Å². The number of rotatable bonds is 6. The van der Waals surface area contributed by atoms with Crippen LogP contribution in [0.15, 0.2) is 24.7 Å². The van der Waals surface area contributed by atoms with Gasteiger partial charge >= 0.3 is 0 Å². The van der Waals surface area contributed by atoms with Gasteiger partial charge in [0.25, 0.3) is 5.91 Å². The monoisotopic (exact) mass is 489 g/mol. The summed E-state index contributed by atoms with van der Waals surface area (Å²) in [5.74, 6) is -0.610. The van der Waals surface area contributed by atoms with Gasteiger partial charge in [0, 0.05) is 30.3 Å². The number of amides is 1. The molecule has 4 heterocycles. The lowest BCUT2D eigenvalue weighted by Crippen LogP contribution is -2.52. The van der Waals surface area contributed by atoms with Gasteiger partial charge in [0.05, 0.1) is 41.3 Å². The molecule has 0 spiro atoms. The lowest BCUT2D eigenvalue weighted by Gasteiger charge is -2.39. The van der Waals surface area contributed by atoms with Gasteiger partial charge in [-0.25, -0.2) is 4.98 Å². The smallest absolute Gasteiger partial charge is 0.280 e. The van der Waals surface area contributed by atoms with E-state index in [-0.39, 0.29) is 65.1 Å². The molecule has 1 saturated carbocycles. The number of halogens is 1. The number of ketones is 2. The topological polar surface area (TPSA) is 114 Å². The van der Waals surface area contributed by atoms with Crippen LogP contribution in [0.25, 0.3) is 10.4 Å². The standard InChI is InChI=1S/C22H24ClN5O4S/c23-14-10-28(19-17(30)11-32-20(14)19)15-4-2-1-3-13(15)16(29)8-24-21(31)22-25-9-18(33-22)12-5-6-26-27-7-12/h5-7,9,13-15,19-20H,1-4,8,10-11H2,(H,24,31)/t13?,14-,15?,19+,20+/m0/s1. The Morgan fingerprint density at radius 3 is 2.91 bits per heavy atom. The Morgan fingerprint density at radius 1 is 1.24 bits per heavy atom. The summed E-state index contributed by atoms with van der Waals surface area (Å²) in [6.07, 6.45) is 8.03. The fraction of sp³-hybridized carbons (Fsp3) is 0.545. The Balaban J connectivity index is 1.23. The van der Waals surface area contributed by atoms with E-state index >= 15 is 0 Å². The quantitative estimate of drug-likeness (QED) is 0.610. The predicted molar refractivity (Wildman–Crippen MR) is 121 cm³/mol. The third kappa shape index (κ3) is 4.44. The molecule has 1 N–H and O–H groups in total. The molecule has 33 heavy (non-hydrogen) atoms. The van der Waals surface area contributed by atoms with Gasteiger partial charge in [-0.1, -0.05) is 12.8 Å². The van der Waals surface area contributed by atoms with Crippen molar-refractivity contribution >= 4 is 40.4 Å². The fourth-order valence-electron chi connectivity index (χ4n) is 5.18. The number of hydrogen-bond donors (Lipinski definition) is 1. The van der Waals surface area contributed by atoms with Crippen LogP contribution in [0.1, 0.15) is 35.5 Å². The number of likely N-dealkylation sites (tertiary alicyclic amines) is 1. The van der Waals surface area contributed by atoms with Gasteiger partial charge < -0.3 is 10.1 Å². The summed E-state index contributed by atoms with van der Waals surface area (Å²) in [5.41, 5.74) is 0.828. The lowest BCUT2D eigenvalue weighted by atomic mass is 9.80. The number of alkyl halides is 1. The molecule has 1 aliphatic carbocycles. The van der Waals surface area contributed by atoms with Crippen molar-refractivity contribution in [1.82, 2.24) is 25.4 Å². The molecule has 5 rings (SSSR count). The minimum Gasteiger partial charge on any atom is -0.367 e. The number of carbonyl (C=O) groups excluding carboxylic acids is 3. The predicted octanol–water partition coefficient (Wildman–Crippen LogP) is 1.72. The van der Waals surface area contributed by atoms with Gasteiger partial charge in [-0.15, -0.1) is 22.9 Å². The van der Waals surface area contributed by atoms with Crippen LogP contribution in [0.2, 0.25) is 0 Å². The van der Waals surface area contributed by atoms with Crippen LogP contribution >= 0.6 is 22.9 Å². The maximum atomic E-state index is 13.2. The highest BCUT2D eigenvalue weighted by molar-refractivity contribution is 7.16. The van der Waals surface area contributed by atoms with E-state index in [1.807, 2.05) is 0 Å². The SMILES string of the molecule is O=C(NCC(=O)C1CCCCC1N1C[C@H](Cl)[C@H]2OCC(=O)[C@H]21)c1ncc(-c2ccnnc2)s1. The Bertz CT molecular complexity index is 1050. The van der Waals surface area contributed by atoms with E-state index in [0.29, 0.717) is 6.54 Å². The van der Waals surface area contributed by atoms with E-state index in [9.17, 15) is 14.4 Å². The van der Waals surface area contributed by atoms with Crippen LogP contribution in [0.5, 0.6) is 0 Å². The Kier molecular flexibility index (Phi) is 6.51. The van der Waals surface area contributed by atoms with Crippen molar-refractivity contribution in [2.45, 2.75) is 49.2 Å². The van der Waals surface area contributed by atoms with E-state index in [2.05, 4.69) is 25.4 Å². The molecule has 3 fully saturated rings. The second-order valence-electron chi connectivity index (χ2n) is 8.67. The average molecular weight is 490 g/mol. The summed E-state index contributed by atoms with van der Waals surface area (Å²) in [7, 11) is 0. The van der Waals surface area contributed by atoms with Gasteiger partial charge in [0.1, 0.15) is 6.61 Å². The molecule has 174 valence electrons. The summed E-state index contributed by atoms with van der Waals surface area (Å²) in [4.78, 5) is 45.3. The van der Waals surface area contributed by atoms with Gasteiger partial charge in [0.2, 0.25) is 0 Å². The Hall–Kier alpha value is -2.27. The molecule has 1 amide bonds. The maximum Gasteiger partial charge on any atom is 0.280 e. The van der Waals surface area contributed by atoms with Gasteiger partial charge in [-0.3, -0.25) is 19.3 Å². The van der Waals surface area contributed by atoms with Crippen molar-refractivity contribution in [3.8, 4) is 10.4 Å². The maximum absolute atomic E-state index is 13.2. The highest BCUT2D eigenvalue weighted by Gasteiger charge is 2.53. The number of Topliss-reactive ketones (excluding diaryl/α,β-unsaturated/α-hetero) is 2. The summed E-state index contributed by atoms with van der Waals surface area (Å²) < 4.78 is 5.60. The molecule has 3 aliphatic rings. The van der Waals surface area contributed by atoms with Crippen LogP contribution in [0.4, 0.5) is 0 Å². The molecule has 5 atom stereocenters. The van der Waals surface area contributed by atoms with Gasteiger partial charge in [-0.05, 0) is 18.9 Å². The summed E-state index contributed by atoms with van der Waals surface area (Å²) >= 11 is 7.70. The zero-order valence-corrected chi connectivity index (χ0v) is 19.4. The first-order chi connectivity index (χ1) is 16.0. The number of nitrogens with one attached hydrogen (secondary N) is 1. The number of ether oxygens (including phenoxy) is 1. The van der Waals surface area contributed by atoms with Crippen LogP contribution in [0, 0.1) is 5.92 Å². The van der Waals surface area contributed by atoms with Crippen LogP contribution < -0.4 is 5.32 Å². The fourth-order valence-corrected chi connectivity index (χ4v) is 6.37. The summed E-state index contributed by atoms with van der Waals surface area (Å²) in [6, 6.07) is 1.37. The first-order valence-corrected chi connectivity index (χ1v) is 12.4. The van der Waals surface area contributed by atoms with Crippen molar-refractivity contribution < 1.29 is 19.1 Å². The number of hydrogen-bond acceptors (Lipinski definition) is 9. The van der Waals surface area contributed by atoms with Gasteiger partial charge in [0.15, 0.2) is 16.6 Å². The molecular formula is C22H24ClN5O4S. The third-order valence-electron chi connectivity index (χ3n) is 6.72. The molecule has 2 saturated heterocycles. The zero-order valence-electron chi connectivity index (χ0n) is 17.9. The summed E-state index contributed by atoms with van der Waals surface area (Å²) in [6.45, 7) is 0.555. The number of fused-ring (bicyclic) bond motifs is 1. The molecule has 0 radical (unpaired) electrons. The minimum absolute atomic E-state index is 0.0240. The minimum atomic E-state index is -0.379. The molecule has 0 aromatic carbocycles. The normalized spacial score (nSPS) is 29.7. The van der Waals surface area contributed by atoms with Gasteiger partial charge in [-0.2, -0.15) is 10.2 Å². The molecule has 2 aliphatic heterocycles. The summed E-state index contributed by atoms with van der Waals surface area (Å²) in [5, 5.41) is 10.3. The Labute approximate surface area is 199 Å². The van der Waals surface area contributed by atoms with E-state index in [4.69, 9.17) is 16.3 Å². The van der Waals surface area contributed by atoms with Crippen molar-refractivity contribution in [1.29, 1.82) is 0 Å². The number of nitrogens with zero attached hydrogens (tertiary/aromatic N) is 4. The van der Waals surface area contributed by atoms with Crippen molar-refractivity contribution in [2.75, 3.05) is 19.7 Å². The van der Waals surface area contributed by atoms with Crippen molar-refractivity contribution in [2.24, 2.45) is 5.92 Å². The van der Waals surface area contributed by atoms with E-state index < -0.39 is 0 Å². The van der Waals surface area contributed by atoms with E-state index in [0.717, 1.165) is 36.1 Å². The largest absolute Gasteiger partial charge is 0.367 e. The molecule has 11 heteroatoms. The molecule has 2 aromatic heterocycles. The number of aromatic nitrogens is 3. The van der Waals surface area contributed by atoms with Crippen molar-refractivity contribution in [3.05, 3.63) is 29.7 Å². The lowest BCUT2D eigenvalue weighted by molar-refractivity contribution is -0.128. The molecule has 2 unspecified atom stereocenters. The van der Waals surface area contributed by atoms with Crippen LogP contribution in [0.3, 0.4) is 0 Å². The second kappa shape index (κ2) is 9.54.